The highest BCUT2D eigenvalue weighted by Crippen LogP contribution is 2.24. The van der Waals surface area contributed by atoms with E-state index < -0.39 is 6.10 Å². The molecule has 3 N–H and O–H groups in total. The zero-order chi connectivity index (χ0) is 16.4. The standard InChI is InChI=1S/C17H20N2O3/c1-9-15(12(4)21)10(2)18-16(9)17(22)19-14-8-6-5-7-13(14)11(3)20/h5-8,11,18,20H,1-4H3,(H,19,22). The van der Waals surface area contributed by atoms with Gasteiger partial charge in [0, 0.05) is 22.5 Å². The van der Waals surface area contributed by atoms with E-state index in [4.69, 9.17) is 0 Å². The summed E-state index contributed by atoms with van der Waals surface area (Å²) in [6, 6.07) is 7.08. The van der Waals surface area contributed by atoms with Gasteiger partial charge in [-0.25, -0.2) is 0 Å². The number of carbonyl (C=O) groups is 2. The van der Waals surface area contributed by atoms with Gasteiger partial charge in [-0.2, -0.15) is 0 Å². The smallest absolute Gasteiger partial charge is 0.272 e. The van der Waals surface area contributed by atoms with E-state index in [0.29, 0.717) is 33.8 Å². The molecule has 0 aliphatic carbocycles. The maximum atomic E-state index is 12.5. The Morgan fingerprint density at radius 1 is 1.23 bits per heavy atom. The van der Waals surface area contributed by atoms with Gasteiger partial charge in [0.05, 0.1) is 6.10 Å². The third-order valence-electron chi connectivity index (χ3n) is 3.68. The normalized spacial score (nSPS) is 12.0. The maximum Gasteiger partial charge on any atom is 0.272 e. The average molecular weight is 300 g/mol. The summed E-state index contributed by atoms with van der Waals surface area (Å²) < 4.78 is 0. The highest BCUT2D eigenvalue weighted by molar-refractivity contribution is 6.07. The summed E-state index contributed by atoms with van der Waals surface area (Å²) in [5.41, 5.74) is 3.43. The molecule has 22 heavy (non-hydrogen) atoms. The predicted molar refractivity (Wildman–Crippen MR) is 85.3 cm³/mol. The molecule has 116 valence electrons. The summed E-state index contributed by atoms with van der Waals surface area (Å²) in [6.07, 6.45) is -0.684. The number of benzene rings is 1. The van der Waals surface area contributed by atoms with Crippen LogP contribution in [-0.2, 0) is 0 Å². The molecule has 1 heterocycles. The van der Waals surface area contributed by atoms with Crippen molar-refractivity contribution in [3.63, 3.8) is 0 Å². The van der Waals surface area contributed by atoms with Crippen LogP contribution in [0.25, 0.3) is 0 Å². The van der Waals surface area contributed by atoms with Gasteiger partial charge >= 0.3 is 0 Å². The Labute approximate surface area is 129 Å². The quantitative estimate of drug-likeness (QED) is 0.759. The Balaban J connectivity index is 2.35. The highest BCUT2D eigenvalue weighted by atomic mass is 16.3. The van der Waals surface area contributed by atoms with Gasteiger partial charge in [0.25, 0.3) is 5.91 Å². The minimum atomic E-state index is -0.684. The number of hydrogen-bond donors (Lipinski definition) is 3. The molecule has 1 amide bonds. The van der Waals surface area contributed by atoms with Gasteiger partial charge in [0.15, 0.2) is 5.78 Å². The Kier molecular flexibility index (Phi) is 4.47. The van der Waals surface area contributed by atoms with E-state index in [2.05, 4.69) is 10.3 Å². The number of aliphatic hydroxyl groups is 1. The van der Waals surface area contributed by atoms with Crippen LogP contribution in [0, 0.1) is 13.8 Å². The lowest BCUT2D eigenvalue weighted by molar-refractivity contribution is 0.101. The second-order valence-electron chi connectivity index (χ2n) is 5.40. The van der Waals surface area contributed by atoms with Gasteiger partial charge in [0.1, 0.15) is 5.69 Å². The summed E-state index contributed by atoms with van der Waals surface area (Å²) in [7, 11) is 0. The maximum absolute atomic E-state index is 12.5. The van der Waals surface area contributed by atoms with Crippen molar-refractivity contribution < 1.29 is 14.7 Å². The molecule has 1 aromatic carbocycles. The number of aromatic nitrogens is 1. The molecule has 0 aliphatic heterocycles. The van der Waals surface area contributed by atoms with E-state index in [1.165, 1.54) is 6.92 Å². The Hall–Kier alpha value is -2.40. The van der Waals surface area contributed by atoms with Crippen molar-refractivity contribution in [1.82, 2.24) is 4.98 Å². The number of H-pyrrole nitrogens is 1. The van der Waals surface area contributed by atoms with Gasteiger partial charge in [0.2, 0.25) is 0 Å². The fourth-order valence-electron chi connectivity index (χ4n) is 2.67. The van der Waals surface area contributed by atoms with Crippen molar-refractivity contribution in [3.8, 4) is 0 Å². The topological polar surface area (TPSA) is 82.2 Å². The lowest BCUT2D eigenvalue weighted by atomic mass is 10.1. The van der Waals surface area contributed by atoms with E-state index in [1.807, 2.05) is 0 Å². The molecule has 2 rings (SSSR count). The van der Waals surface area contributed by atoms with Crippen molar-refractivity contribution in [2.75, 3.05) is 5.32 Å². The number of hydrogen-bond acceptors (Lipinski definition) is 3. The second kappa shape index (κ2) is 6.15. The summed E-state index contributed by atoms with van der Waals surface area (Å²) >= 11 is 0. The van der Waals surface area contributed by atoms with E-state index in [9.17, 15) is 14.7 Å². The molecular formula is C17H20N2O3. The molecule has 2 aromatic rings. The van der Waals surface area contributed by atoms with Crippen LogP contribution in [0.5, 0.6) is 0 Å². The Morgan fingerprint density at radius 2 is 1.86 bits per heavy atom. The molecule has 0 saturated carbocycles. The molecule has 1 atom stereocenters. The third kappa shape index (κ3) is 2.94. The highest BCUT2D eigenvalue weighted by Gasteiger charge is 2.20. The molecule has 5 nitrogen and oxygen atoms in total. The van der Waals surface area contributed by atoms with Crippen LogP contribution in [0.4, 0.5) is 5.69 Å². The number of carbonyl (C=O) groups excluding carboxylic acids is 2. The van der Waals surface area contributed by atoms with Crippen molar-refractivity contribution >= 4 is 17.4 Å². The monoisotopic (exact) mass is 300 g/mol. The van der Waals surface area contributed by atoms with Crippen molar-refractivity contribution in [3.05, 3.63) is 52.3 Å². The summed E-state index contributed by atoms with van der Waals surface area (Å²) in [4.78, 5) is 27.1. The molecular weight excluding hydrogens is 280 g/mol. The number of rotatable bonds is 4. The Morgan fingerprint density at radius 3 is 2.41 bits per heavy atom. The SMILES string of the molecule is CC(=O)c1c(C)[nH]c(C(=O)Nc2ccccc2C(C)O)c1C. The fourth-order valence-corrected chi connectivity index (χ4v) is 2.67. The van der Waals surface area contributed by atoms with Crippen LogP contribution in [0.3, 0.4) is 0 Å². The first-order valence-electron chi connectivity index (χ1n) is 7.11. The third-order valence-corrected chi connectivity index (χ3v) is 3.68. The zero-order valence-corrected chi connectivity index (χ0v) is 13.2. The van der Waals surface area contributed by atoms with Gasteiger partial charge in [-0.1, -0.05) is 18.2 Å². The van der Waals surface area contributed by atoms with Crippen molar-refractivity contribution in [1.29, 1.82) is 0 Å². The first kappa shape index (κ1) is 16.0. The minimum Gasteiger partial charge on any atom is -0.389 e. The van der Waals surface area contributed by atoms with E-state index in [1.54, 1.807) is 45.0 Å². The number of nitrogens with one attached hydrogen (secondary N) is 2. The molecule has 0 spiro atoms. The molecule has 1 unspecified atom stereocenters. The first-order valence-corrected chi connectivity index (χ1v) is 7.11. The average Bonchev–Trinajstić information content (AvgIpc) is 2.74. The number of aromatic amines is 1. The van der Waals surface area contributed by atoms with Crippen LogP contribution in [-0.4, -0.2) is 21.8 Å². The number of aliphatic hydroxyl groups excluding tert-OH is 1. The van der Waals surface area contributed by atoms with Crippen molar-refractivity contribution in [2.45, 2.75) is 33.8 Å². The van der Waals surface area contributed by atoms with E-state index in [-0.39, 0.29) is 11.7 Å². The van der Waals surface area contributed by atoms with Gasteiger partial charge < -0.3 is 15.4 Å². The number of aryl methyl sites for hydroxylation is 1. The predicted octanol–water partition coefficient (Wildman–Crippen LogP) is 3.14. The van der Waals surface area contributed by atoms with Gasteiger partial charge in [-0.15, -0.1) is 0 Å². The van der Waals surface area contributed by atoms with E-state index >= 15 is 0 Å². The zero-order valence-electron chi connectivity index (χ0n) is 13.2. The Bertz CT molecular complexity index is 730. The molecule has 0 bridgehead atoms. The molecule has 1 aromatic heterocycles. The van der Waals surface area contributed by atoms with Crippen LogP contribution in [0.15, 0.2) is 24.3 Å². The first-order chi connectivity index (χ1) is 10.3. The second-order valence-corrected chi connectivity index (χ2v) is 5.40. The minimum absolute atomic E-state index is 0.0744. The summed E-state index contributed by atoms with van der Waals surface area (Å²) in [5.74, 6) is -0.407. The van der Waals surface area contributed by atoms with Crippen LogP contribution >= 0.6 is 0 Å². The number of amides is 1. The summed E-state index contributed by atoms with van der Waals surface area (Å²) in [6.45, 7) is 6.64. The van der Waals surface area contributed by atoms with Gasteiger partial charge in [-0.05, 0) is 39.3 Å². The number of para-hydroxylation sites is 1. The number of ketones is 1. The molecule has 0 saturated heterocycles. The number of anilines is 1. The van der Waals surface area contributed by atoms with Crippen LogP contribution in [0.2, 0.25) is 0 Å². The largest absolute Gasteiger partial charge is 0.389 e. The molecule has 0 fully saturated rings. The molecule has 5 heteroatoms. The van der Waals surface area contributed by atoms with Crippen molar-refractivity contribution in [2.24, 2.45) is 0 Å². The molecule has 0 aliphatic rings. The summed E-state index contributed by atoms with van der Waals surface area (Å²) in [5, 5.41) is 12.5. The lowest BCUT2D eigenvalue weighted by Gasteiger charge is -2.12. The number of Topliss-reactive ketones (excluding diaryl/α,β-unsaturated/α-hetero) is 1. The van der Waals surface area contributed by atoms with Gasteiger partial charge in [-0.3, -0.25) is 9.59 Å². The van der Waals surface area contributed by atoms with E-state index in [0.717, 1.165) is 0 Å². The molecule has 0 radical (unpaired) electrons. The van der Waals surface area contributed by atoms with Crippen LogP contribution in [0.1, 0.15) is 57.6 Å². The fraction of sp³-hybridized carbons (Fsp3) is 0.294. The lowest BCUT2D eigenvalue weighted by Crippen LogP contribution is -2.15. The van der Waals surface area contributed by atoms with Crippen LogP contribution < -0.4 is 5.32 Å².